The molecule has 8 heteroatoms. The zero-order chi connectivity index (χ0) is 25.1. The maximum absolute atomic E-state index is 14.0. The number of halogens is 1. The Kier molecular flexibility index (Phi) is 6.39. The lowest BCUT2D eigenvalue weighted by Crippen LogP contribution is -2.21. The molecule has 0 radical (unpaired) electrons. The van der Waals surface area contributed by atoms with Crippen molar-refractivity contribution >= 4 is 17.3 Å². The van der Waals surface area contributed by atoms with Crippen LogP contribution in [0.5, 0.6) is 17.2 Å². The highest BCUT2D eigenvalue weighted by Crippen LogP contribution is 2.44. The van der Waals surface area contributed by atoms with E-state index in [1.54, 1.807) is 72.1 Å². The average molecular weight is 499 g/mol. The topological polar surface area (TPSA) is 94.6 Å². The van der Waals surface area contributed by atoms with Crippen LogP contribution in [-0.2, 0) is 6.61 Å². The molecule has 1 aliphatic rings. The Labute approximate surface area is 210 Å². The van der Waals surface area contributed by atoms with Gasteiger partial charge >= 0.3 is 5.97 Å². The molecular weight excluding hydrogens is 479 g/mol. The van der Waals surface area contributed by atoms with Crippen molar-refractivity contribution in [2.45, 2.75) is 12.5 Å². The van der Waals surface area contributed by atoms with E-state index >= 15 is 0 Å². The van der Waals surface area contributed by atoms with Crippen LogP contribution in [-0.4, -0.2) is 5.97 Å². The van der Waals surface area contributed by atoms with Crippen LogP contribution in [0.3, 0.4) is 0 Å². The van der Waals surface area contributed by atoms with E-state index in [0.29, 0.717) is 33.3 Å². The van der Waals surface area contributed by atoms with Crippen LogP contribution in [0.25, 0.3) is 0 Å². The largest absolute Gasteiger partial charge is 0.489 e. The third-order valence-electron chi connectivity index (χ3n) is 5.67. The van der Waals surface area contributed by atoms with E-state index in [1.807, 2.05) is 6.07 Å². The van der Waals surface area contributed by atoms with Crippen molar-refractivity contribution in [1.29, 1.82) is 5.26 Å². The highest BCUT2D eigenvalue weighted by Gasteiger charge is 2.31. The zero-order valence-electron chi connectivity index (χ0n) is 18.8. The first-order valence-electron chi connectivity index (χ1n) is 11.0. The van der Waals surface area contributed by atoms with Gasteiger partial charge in [-0.25, -0.2) is 9.18 Å². The first-order chi connectivity index (χ1) is 17.5. The molecule has 2 N–H and O–H groups in total. The Bertz CT molecular complexity index is 1510. The number of fused-ring (bicyclic) bond motifs is 1. The van der Waals surface area contributed by atoms with Gasteiger partial charge in [-0.3, -0.25) is 0 Å². The Morgan fingerprint density at radius 2 is 1.92 bits per heavy atom. The minimum Gasteiger partial charge on any atom is -0.489 e. The quantitative estimate of drug-likeness (QED) is 0.263. The fourth-order valence-electron chi connectivity index (χ4n) is 3.95. The van der Waals surface area contributed by atoms with Crippen LogP contribution in [0.15, 0.2) is 95.7 Å². The highest BCUT2D eigenvalue weighted by atomic mass is 32.1. The summed E-state index contributed by atoms with van der Waals surface area (Å²) in [6.45, 7) is 0.0581. The van der Waals surface area contributed by atoms with E-state index in [4.69, 9.17) is 19.9 Å². The van der Waals surface area contributed by atoms with Gasteiger partial charge in [-0.15, -0.1) is 11.3 Å². The van der Waals surface area contributed by atoms with Crippen molar-refractivity contribution in [3.05, 3.63) is 123 Å². The van der Waals surface area contributed by atoms with E-state index in [2.05, 4.69) is 6.07 Å². The summed E-state index contributed by atoms with van der Waals surface area (Å²) in [6, 6.07) is 24.2. The fraction of sp³-hybridized carbons (Fsp3) is 0.0714. The van der Waals surface area contributed by atoms with Crippen LogP contribution >= 0.6 is 11.3 Å². The third kappa shape index (κ3) is 4.65. The number of thiophene rings is 1. The average Bonchev–Trinajstić information content (AvgIpc) is 3.43. The molecule has 1 aliphatic heterocycles. The van der Waals surface area contributed by atoms with Crippen LogP contribution in [0.2, 0.25) is 0 Å². The molecule has 0 aliphatic carbocycles. The smallest absolute Gasteiger partial charge is 0.353 e. The molecule has 36 heavy (non-hydrogen) atoms. The molecule has 6 nitrogen and oxygen atoms in total. The third-order valence-corrected chi connectivity index (χ3v) is 6.52. The van der Waals surface area contributed by atoms with Crippen molar-refractivity contribution in [3.63, 3.8) is 0 Å². The lowest BCUT2D eigenvalue weighted by Gasteiger charge is -2.27. The summed E-state index contributed by atoms with van der Waals surface area (Å²) in [5.74, 6) is -0.191. The van der Waals surface area contributed by atoms with E-state index in [0.717, 1.165) is 5.56 Å². The first kappa shape index (κ1) is 23.1. The number of benzene rings is 3. The first-order valence-corrected chi connectivity index (χ1v) is 11.8. The van der Waals surface area contributed by atoms with Crippen LogP contribution in [0.4, 0.5) is 4.39 Å². The number of rotatable bonds is 6. The van der Waals surface area contributed by atoms with Crippen LogP contribution in [0, 0.1) is 17.1 Å². The molecule has 3 aromatic carbocycles. The second-order valence-corrected chi connectivity index (χ2v) is 8.89. The lowest BCUT2D eigenvalue weighted by atomic mass is 9.83. The standard InChI is InChI=1S/C28H19FN2O4S/c29-23-8-2-1-5-18(23)16-33-19-7-3-6-17(13-19)26-21-11-10-20(34-28(32)25-9-4-12-36-25)14-24(21)35-27(31)22(26)15-30/h1-14,26H,16,31H2. The number of ether oxygens (including phenoxy) is 3. The monoisotopic (exact) mass is 498 g/mol. The van der Waals surface area contributed by atoms with E-state index in [-0.39, 0.29) is 23.9 Å². The number of hydrogen-bond acceptors (Lipinski definition) is 7. The number of nitriles is 1. The molecule has 1 aromatic heterocycles. The van der Waals surface area contributed by atoms with E-state index in [1.165, 1.54) is 17.4 Å². The van der Waals surface area contributed by atoms with Crippen LogP contribution in [0.1, 0.15) is 32.3 Å². The van der Waals surface area contributed by atoms with Gasteiger partial charge in [0.15, 0.2) is 0 Å². The second kappa shape index (κ2) is 9.94. The molecule has 0 saturated carbocycles. The number of nitrogens with zero attached hydrogens (tertiary/aromatic N) is 1. The second-order valence-electron chi connectivity index (χ2n) is 7.94. The predicted octanol–water partition coefficient (Wildman–Crippen LogP) is 5.90. The van der Waals surface area contributed by atoms with Gasteiger partial charge in [0.05, 0.1) is 5.92 Å². The van der Waals surface area contributed by atoms with Gasteiger partial charge in [-0.05, 0) is 41.3 Å². The zero-order valence-corrected chi connectivity index (χ0v) is 19.6. The number of carbonyl (C=O) groups excluding carboxylic acids is 1. The molecule has 4 aromatic rings. The molecule has 0 spiro atoms. The number of carbonyl (C=O) groups is 1. The highest BCUT2D eigenvalue weighted by molar-refractivity contribution is 7.12. The summed E-state index contributed by atoms with van der Waals surface area (Å²) in [4.78, 5) is 12.8. The van der Waals surface area contributed by atoms with Gasteiger partial charge in [-0.2, -0.15) is 5.26 Å². The Morgan fingerprint density at radius 1 is 1.06 bits per heavy atom. The predicted molar refractivity (Wildman–Crippen MR) is 132 cm³/mol. The van der Waals surface area contributed by atoms with Crippen molar-refractivity contribution in [2.75, 3.05) is 0 Å². The van der Waals surface area contributed by atoms with E-state index < -0.39 is 11.9 Å². The minimum absolute atomic E-state index is 0.0330. The summed E-state index contributed by atoms with van der Waals surface area (Å²) in [5, 5.41) is 11.6. The van der Waals surface area contributed by atoms with Crippen molar-refractivity contribution in [1.82, 2.24) is 0 Å². The molecule has 0 amide bonds. The lowest BCUT2D eigenvalue weighted by molar-refractivity contribution is 0.0739. The molecule has 0 bridgehead atoms. The van der Waals surface area contributed by atoms with Gasteiger partial charge < -0.3 is 19.9 Å². The molecule has 1 atom stereocenters. The summed E-state index contributed by atoms with van der Waals surface area (Å²) in [6.07, 6.45) is 0. The molecule has 2 heterocycles. The molecule has 0 fully saturated rings. The Morgan fingerprint density at radius 3 is 2.69 bits per heavy atom. The summed E-state index contributed by atoms with van der Waals surface area (Å²) >= 11 is 1.28. The number of nitrogens with two attached hydrogens (primary N) is 1. The Hall–Kier alpha value is -4.61. The number of esters is 1. The maximum atomic E-state index is 14.0. The molecule has 178 valence electrons. The molecule has 0 saturated heterocycles. The fourth-order valence-corrected chi connectivity index (χ4v) is 4.55. The summed E-state index contributed by atoms with van der Waals surface area (Å²) in [7, 11) is 0. The summed E-state index contributed by atoms with van der Waals surface area (Å²) < 4.78 is 31.0. The van der Waals surface area contributed by atoms with Gasteiger partial charge in [0.25, 0.3) is 0 Å². The minimum atomic E-state index is -0.530. The van der Waals surface area contributed by atoms with Crippen LogP contribution < -0.4 is 19.9 Å². The van der Waals surface area contributed by atoms with Crippen molar-refractivity contribution < 1.29 is 23.4 Å². The van der Waals surface area contributed by atoms with Gasteiger partial charge in [0.2, 0.25) is 5.88 Å². The van der Waals surface area contributed by atoms with Crippen molar-refractivity contribution in [2.24, 2.45) is 5.73 Å². The Balaban J connectivity index is 1.44. The number of allylic oxidation sites excluding steroid dienone is 1. The van der Waals surface area contributed by atoms with E-state index in [9.17, 15) is 14.4 Å². The molecule has 5 rings (SSSR count). The molecule has 1 unspecified atom stereocenters. The van der Waals surface area contributed by atoms with Gasteiger partial charge in [0.1, 0.15) is 46.2 Å². The number of hydrogen-bond donors (Lipinski definition) is 1. The van der Waals surface area contributed by atoms with Gasteiger partial charge in [0, 0.05) is 17.2 Å². The SMILES string of the molecule is N#CC1=C(N)Oc2cc(OC(=O)c3cccs3)ccc2C1c1cccc(OCc2ccccc2F)c1. The normalized spacial score (nSPS) is 14.4. The maximum Gasteiger partial charge on any atom is 0.353 e. The molecular formula is C28H19FN2O4S. The summed E-state index contributed by atoms with van der Waals surface area (Å²) in [5.41, 5.74) is 8.22. The van der Waals surface area contributed by atoms with Crippen molar-refractivity contribution in [3.8, 4) is 23.3 Å². The van der Waals surface area contributed by atoms with Gasteiger partial charge in [-0.1, -0.05) is 42.5 Å².